The maximum atomic E-state index is 12.1. The molecule has 0 spiro atoms. The number of imidazole rings is 1. The second-order valence-electron chi connectivity index (χ2n) is 5.22. The van der Waals surface area contributed by atoms with Gasteiger partial charge in [-0.15, -0.1) is 0 Å². The number of phenols is 1. The predicted molar refractivity (Wildman–Crippen MR) is 108 cm³/mol. The van der Waals surface area contributed by atoms with Crippen molar-refractivity contribution in [3.8, 4) is 5.75 Å². The van der Waals surface area contributed by atoms with E-state index in [9.17, 15) is 9.90 Å². The van der Waals surface area contributed by atoms with Gasteiger partial charge in [0.15, 0.2) is 0 Å². The highest BCUT2D eigenvalue weighted by Gasteiger charge is 2.16. The number of aromatic nitrogens is 2. The van der Waals surface area contributed by atoms with Gasteiger partial charge in [0.25, 0.3) is 0 Å². The zero-order chi connectivity index (χ0) is 17.1. The second kappa shape index (κ2) is 7.68. The van der Waals surface area contributed by atoms with E-state index in [2.05, 4.69) is 32.6 Å². The summed E-state index contributed by atoms with van der Waals surface area (Å²) in [4.78, 5) is 19.8. The molecule has 0 aliphatic rings. The Kier molecular flexibility index (Phi) is 5.59. The van der Waals surface area contributed by atoms with Crippen molar-refractivity contribution in [2.75, 3.05) is 6.61 Å². The van der Waals surface area contributed by atoms with E-state index in [1.165, 1.54) is 0 Å². The third kappa shape index (κ3) is 4.00. The molecule has 0 saturated carbocycles. The van der Waals surface area contributed by atoms with Crippen LogP contribution in [0.2, 0.25) is 0 Å². The summed E-state index contributed by atoms with van der Waals surface area (Å²) in [5.41, 5.74) is 2.14. The van der Waals surface area contributed by atoms with E-state index in [0.717, 1.165) is 20.4 Å². The third-order valence-corrected chi connectivity index (χ3v) is 4.92. The zero-order valence-corrected chi connectivity index (χ0v) is 16.9. The lowest BCUT2D eigenvalue weighted by Gasteiger charge is -2.08. The lowest BCUT2D eigenvalue weighted by molar-refractivity contribution is 0.0496. The third-order valence-electron chi connectivity index (χ3n) is 3.48. The van der Waals surface area contributed by atoms with E-state index < -0.39 is 5.97 Å². The van der Waals surface area contributed by atoms with Gasteiger partial charge in [-0.3, -0.25) is 0 Å². The highest BCUT2D eigenvalue weighted by Crippen LogP contribution is 2.27. The summed E-state index contributed by atoms with van der Waals surface area (Å²) in [6, 6.07) is 11.3. The van der Waals surface area contributed by atoms with Crippen molar-refractivity contribution in [2.24, 2.45) is 0 Å². The van der Waals surface area contributed by atoms with Crippen LogP contribution in [0.15, 0.2) is 36.4 Å². The summed E-state index contributed by atoms with van der Waals surface area (Å²) in [5, 5.41) is 9.98. The zero-order valence-electron chi connectivity index (χ0n) is 12.6. The number of phenolic OH excluding ortho intramolecular Hbond substituents is 1. The number of hydrogen-bond acceptors (Lipinski definition) is 4. The van der Waals surface area contributed by atoms with Crippen molar-refractivity contribution in [3.63, 3.8) is 0 Å². The van der Waals surface area contributed by atoms with E-state index in [-0.39, 0.29) is 17.9 Å². The molecule has 7 heteroatoms. The first-order valence-corrected chi connectivity index (χ1v) is 9.49. The standard InChI is InChI=1S/C17H14I2N2O3/c18-10-8-11(16(22)12(19)9-10)17(23)24-7-3-6-15-20-13-4-1-2-5-14(13)21-15/h1-2,4-5,8-9,22H,3,6-7H2,(H,20,21). The van der Waals surface area contributed by atoms with Crippen LogP contribution in [-0.4, -0.2) is 27.7 Å². The number of aromatic hydroxyl groups is 1. The molecule has 0 amide bonds. The van der Waals surface area contributed by atoms with E-state index in [0.29, 0.717) is 16.4 Å². The summed E-state index contributed by atoms with van der Waals surface area (Å²) in [6.07, 6.45) is 1.35. The van der Waals surface area contributed by atoms with Crippen molar-refractivity contribution in [3.05, 3.63) is 54.9 Å². The van der Waals surface area contributed by atoms with Gasteiger partial charge >= 0.3 is 5.97 Å². The molecule has 2 aromatic carbocycles. The van der Waals surface area contributed by atoms with Crippen LogP contribution in [0.25, 0.3) is 11.0 Å². The number of nitrogens with zero attached hydrogens (tertiary/aromatic N) is 1. The van der Waals surface area contributed by atoms with Gasteiger partial charge in [-0.2, -0.15) is 0 Å². The fourth-order valence-corrected chi connectivity index (χ4v) is 4.17. The normalized spacial score (nSPS) is 10.9. The minimum absolute atomic E-state index is 0.0294. The number of H-pyrrole nitrogens is 1. The predicted octanol–water partition coefficient (Wildman–Crippen LogP) is 4.27. The molecule has 0 aliphatic heterocycles. The van der Waals surface area contributed by atoms with Gasteiger partial charge in [-0.1, -0.05) is 12.1 Å². The molecule has 3 rings (SSSR count). The number of carbonyl (C=O) groups is 1. The number of halogens is 2. The Morgan fingerprint density at radius 3 is 2.83 bits per heavy atom. The summed E-state index contributed by atoms with van der Waals surface area (Å²) < 4.78 is 6.78. The molecule has 5 nitrogen and oxygen atoms in total. The molecule has 124 valence electrons. The molecule has 0 aliphatic carbocycles. The second-order valence-corrected chi connectivity index (χ2v) is 7.63. The Morgan fingerprint density at radius 1 is 1.25 bits per heavy atom. The summed E-state index contributed by atoms with van der Waals surface area (Å²) >= 11 is 4.10. The van der Waals surface area contributed by atoms with E-state index in [4.69, 9.17) is 4.74 Å². The number of para-hydroxylation sites is 2. The van der Waals surface area contributed by atoms with Crippen molar-refractivity contribution >= 4 is 62.2 Å². The number of esters is 1. The highest BCUT2D eigenvalue weighted by molar-refractivity contribution is 14.1. The molecule has 0 radical (unpaired) electrons. The van der Waals surface area contributed by atoms with Gasteiger partial charge in [0.2, 0.25) is 0 Å². The number of carbonyl (C=O) groups excluding carboxylic acids is 1. The van der Waals surface area contributed by atoms with Crippen LogP contribution in [0.3, 0.4) is 0 Å². The Labute approximate surface area is 166 Å². The Morgan fingerprint density at radius 2 is 2.04 bits per heavy atom. The van der Waals surface area contributed by atoms with Gasteiger partial charge < -0.3 is 14.8 Å². The van der Waals surface area contributed by atoms with Gasteiger partial charge in [0.1, 0.15) is 17.1 Å². The van der Waals surface area contributed by atoms with Gasteiger partial charge in [0, 0.05) is 9.99 Å². The first-order valence-electron chi connectivity index (χ1n) is 7.33. The maximum Gasteiger partial charge on any atom is 0.341 e. The smallest absolute Gasteiger partial charge is 0.341 e. The van der Waals surface area contributed by atoms with E-state index in [1.807, 2.05) is 46.9 Å². The molecule has 0 fully saturated rings. The average Bonchev–Trinajstić information content (AvgIpc) is 2.97. The maximum absolute atomic E-state index is 12.1. The topological polar surface area (TPSA) is 75.2 Å². The number of nitrogens with one attached hydrogen (secondary N) is 1. The van der Waals surface area contributed by atoms with Crippen molar-refractivity contribution in [1.29, 1.82) is 0 Å². The van der Waals surface area contributed by atoms with Crippen molar-refractivity contribution in [1.82, 2.24) is 9.97 Å². The molecule has 1 aromatic heterocycles. The molecule has 3 aromatic rings. The fraction of sp³-hybridized carbons (Fsp3) is 0.176. The molecule has 2 N–H and O–H groups in total. The lowest BCUT2D eigenvalue weighted by Crippen LogP contribution is -2.08. The van der Waals surface area contributed by atoms with Crippen LogP contribution in [0.4, 0.5) is 0 Å². The number of benzene rings is 2. The number of hydrogen-bond donors (Lipinski definition) is 2. The molecule has 0 unspecified atom stereocenters. The largest absolute Gasteiger partial charge is 0.506 e. The number of aryl methyl sites for hydroxylation is 1. The van der Waals surface area contributed by atoms with Crippen LogP contribution in [0.5, 0.6) is 5.75 Å². The lowest BCUT2D eigenvalue weighted by atomic mass is 10.2. The fourth-order valence-electron chi connectivity index (χ4n) is 2.33. The molecule has 0 bridgehead atoms. The Balaban J connectivity index is 1.55. The number of ether oxygens (including phenoxy) is 1. The molecule has 1 heterocycles. The van der Waals surface area contributed by atoms with Crippen LogP contribution in [0, 0.1) is 7.14 Å². The quantitative estimate of drug-likeness (QED) is 0.284. The number of rotatable bonds is 5. The number of aromatic amines is 1. The molecule has 0 saturated heterocycles. The van der Waals surface area contributed by atoms with E-state index in [1.54, 1.807) is 12.1 Å². The summed E-state index contributed by atoms with van der Waals surface area (Å²) in [7, 11) is 0. The Bertz CT molecular complexity index is 860. The number of fused-ring (bicyclic) bond motifs is 1. The van der Waals surface area contributed by atoms with Crippen molar-refractivity contribution < 1.29 is 14.6 Å². The van der Waals surface area contributed by atoms with Gasteiger partial charge in [-0.25, -0.2) is 9.78 Å². The van der Waals surface area contributed by atoms with Crippen LogP contribution < -0.4 is 0 Å². The summed E-state index contributed by atoms with van der Waals surface area (Å²) in [5.74, 6) is 0.339. The highest BCUT2D eigenvalue weighted by atomic mass is 127. The van der Waals surface area contributed by atoms with Crippen LogP contribution >= 0.6 is 45.2 Å². The minimum atomic E-state index is -0.506. The Hall–Kier alpha value is -1.36. The van der Waals surface area contributed by atoms with Crippen LogP contribution in [-0.2, 0) is 11.2 Å². The molecule has 0 atom stereocenters. The summed E-state index contributed by atoms with van der Waals surface area (Å²) in [6.45, 7) is 0.275. The van der Waals surface area contributed by atoms with Crippen LogP contribution in [0.1, 0.15) is 22.6 Å². The first kappa shape index (κ1) is 17.5. The average molecular weight is 548 g/mol. The van der Waals surface area contributed by atoms with Gasteiger partial charge in [0.05, 0.1) is 21.2 Å². The molecular weight excluding hydrogens is 534 g/mol. The minimum Gasteiger partial charge on any atom is -0.506 e. The first-order chi connectivity index (χ1) is 11.5. The monoisotopic (exact) mass is 548 g/mol. The SMILES string of the molecule is O=C(OCCCc1nc2ccccc2[nH]1)c1cc(I)cc(I)c1O. The van der Waals surface area contributed by atoms with Gasteiger partial charge in [-0.05, 0) is 75.9 Å². The van der Waals surface area contributed by atoms with E-state index >= 15 is 0 Å². The molecular formula is C17H14I2N2O3. The molecule has 24 heavy (non-hydrogen) atoms. The van der Waals surface area contributed by atoms with Crippen molar-refractivity contribution in [2.45, 2.75) is 12.8 Å².